The quantitative estimate of drug-likeness (QED) is 0.845. The van der Waals surface area contributed by atoms with Gasteiger partial charge in [0.2, 0.25) is 0 Å². The van der Waals surface area contributed by atoms with Crippen LogP contribution in [-0.2, 0) is 13.0 Å². The summed E-state index contributed by atoms with van der Waals surface area (Å²) in [6, 6.07) is 13.2. The van der Waals surface area contributed by atoms with Gasteiger partial charge in [-0.25, -0.2) is 0 Å². The first kappa shape index (κ1) is 15.5. The molecule has 0 saturated carbocycles. The van der Waals surface area contributed by atoms with Crippen LogP contribution < -0.4 is 10.2 Å². The molecule has 3 heteroatoms. The van der Waals surface area contributed by atoms with Crippen LogP contribution >= 0.6 is 0 Å². The summed E-state index contributed by atoms with van der Waals surface area (Å²) in [5, 5.41) is 3.48. The molecule has 1 aromatic carbocycles. The second-order valence-corrected chi connectivity index (χ2v) is 5.70. The Labute approximate surface area is 128 Å². The Bertz CT molecular complexity index is 537. The Morgan fingerprint density at radius 3 is 2.62 bits per heavy atom. The van der Waals surface area contributed by atoms with Crippen LogP contribution in [-0.4, -0.2) is 24.6 Å². The molecule has 1 N–H and O–H groups in total. The Morgan fingerprint density at radius 1 is 1.14 bits per heavy atom. The van der Waals surface area contributed by atoms with Gasteiger partial charge in [0, 0.05) is 32.4 Å². The first-order valence-corrected chi connectivity index (χ1v) is 7.58. The fourth-order valence-electron chi connectivity index (χ4n) is 2.28. The van der Waals surface area contributed by atoms with Crippen molar-refractivity contribution in [2.24, 2.45) is 0 Å². The van der Waals surface area contributed by atoms with Crippen LogP contribution in [0.15, 0.2) is 48.8 Å². The summed E-state index contributed by atoms with van der Waals surface area (Å²) in [5.74, 6) is 0. The van der Waals surface area contributed by atoms with Crippen molar-refractivity contribution in [2.75, 3.05) is 18.5 Å². The predicted octanol–water partition coefficient (Wildman–Crippen LogP) is 3.26. The SMILES string of the molecule is CC(C)NCc1ccncc1N(C)CCc1ccccc1. The number of aromatic nitrogens is 1. The summed E-state index contributed by atoms with van der Waals surface area (Å²) in [4.78, 5) is 6.57. The third kappa shape index (κ3) is 4.87. The van der Waals surface area contributed by atoms with Crippen LogP contribution in [0.5, 0.6) is 0 Å². The van der Waals surface area contributed by atoms with Gasteiger partial charge in [0.15, 0.2) is 0 Å². The molecule has 0 aliphatic rings. The number of likely N-dealkylation sites (N-methyl/N-ethyl adjacent to an activating group) is 1. The fourth-order valence-corrected chi connectivity index (χ4v) is 2.28. The summed E-state index contributed by atoms with van der Waals surface area (Å²) >= 11 is 0. The highest BCUT2D eigenvalue weighted by Gasteiger charge is 2.08. The standard InChI is InChI=1S/C18H25N3/c1-15(2)20-13-17-9-11-19-14-18(17)21(3)12-10-16-7-5-4-6-8-16/h4-9,11,14-15,20H,10,12-13H2,1-3H3. The number of pyridine rings is 1. The van der Waals surface area contributed by atoms with Crippen molar-refractivity contribution in [2.45, 2.75) is 32.9 Å². The van der Waals surface area contributed by atoms with Crippen LogP contribution in [0.4, 0.5) is 5.69 Å². The van der Waals surface area contributed by atoms with Gasteiger partial charge in [0.25, 0.3) is 0 Å². The van der Waals surface area contributed by atoms with Gasteiger partial charge in [-0.3, -0.25) is 4.98 Å². The van der Waals surface area contributed by atoms with Gasteiger partial charge in [-0.2, -0.15) is 0 Å². The van der Waals surface area contributed by atoms with E-state index in [0.29, 0.717) is 6.04 Å². The second-order valence-electron chi connectivity index (χ2n) is 5.70. The average Bonchev–Trinajstić information content (AvgIpc) is 2.52. The molecule has 2 rings (SSSR count). The number of rotatable bonds is 7. The highest BCUT2D eigenvalue weighted by Crippen LogP contribution is 2.18. The number of hydrogen-bond acceptors (Lipinski definition) is 3. The van der Waals surface area contributed by atoms with E-state index in [1.807, 2.05) is 12.4 Å². The summed E-state index contributed by atoms with van der Waals surface area (Å²) in [6.07, 6.45) is 4.87. The Balaban J connectivity index is 1.99. The summed E-state index contributed by atoms with van der Waals surface area (Å²) in [6.45, 7) is 6.20. The highest BCUT2D eigenvalue weighted by molar-refractivity contribution is 5.51. The molecule has 2 aromatic rings. The van der Waals surface area contributed by atoms with Crippen LogP contribution in [0.2, 0.25) is 0 Å². The molecule has 0 fully saturated rings. The maximum Gasteiger partial charge on any atom is 0.0595 e. The molecule has 1 heterocycles. The molecule has 0 aliphatic carbocycles. The smallest absolute Gasteiger partial charge is 0.0595 e. The van der Waals surface area contributed by atoms with E-state index in [0.717, 1.165) is 19.5 Å². The van der Waals surface area contributed by atoms with Crippen molar-refractivity contribution in [1.82, 2.24) is 10.3 Å². The Morgan fingerprint density at radius 2 is 1.90 bits per heavy atom. The van der Waals surface area contributed by atoms with Crippen molar-refractivity contribution in [3.63, 3.8) is 0 Å². The molecule has 112 valence electrons. The second kappa shape index (κ2) is 7.79. The molecular weight excluding hydrogens is 258 g/mol. The molecule has 0 aliphatic heterocycles. The summed E-state index contributed by atoms with van der Waals surface area (Å²) in [7, 11) is 2.14. The lowest BCUT2D eigenvalue weighted by Gasteiger charge is -2.22. The van der Waals surface area contributed by atoms with Crippen molar-refractivity contribution >= 4 is 5.69 Å². The van der Waals surface area contributed by atoms with E-state index in [4.69, 9.17) is 0 Å². The van der Waals surface area contributed by atoms with Gasteiger partial charge >= 0.3 is 0 Å². The minimum absolute atomic E-state index is 0.487. The van der Waals surface area contributed by atoms with Gasteiger partial charge in [-0.15, -0.1) is 0 Å². The number of nitrogens with one attached hydrogen (secondary N) is 1. The van der Waals surface area contributed by atoms with Gasteiger partial charge < -0.3 is 10.2 Å². The molecule has 3 nitrogen and oxygen atoms in total. The van der Waals surface area contributed by atoms with Crippen LogP contribution in [0.3, 0.4) is 0 Å². The lowest BCUT2D eigenvalue weighted by Crippen LogP contribution is -2.26. The monoisotopic (exact) mass is 283 g/mol. The number of nitrogens with zero attached hydrogens (tertiary/aromatic N) is 2. The number of anilines is 1. The van der Waals surface area contributed by atoms with E-state index < -0.39 is 0 Å². The average molecular weight is 283 g/mol. The van der Waals surface area contributed by atoms with Crippen LogP contribution in [0.25, 0.3) is 0 Å². The van der Waals surface area contributed by atoms with E-state index >= 15 is 0 Å². The lowest BCUT2D eigenvalue weighted by atomic mass is 10.1. The molecule has 0 saturated heterocycles. The lowest BCUT2D eigenvalue weighted by molar-refractivity contribution is 0.588. The van der Waals surface area contributed by atoms with Gasteiger partial charge in [0.1, 0.15) is 0 Å². The van der Waals surface area contributed by atoms with E-state index in [9.17, 15) is 0 Å². The van der Waals surface area contributed by atoms with Gasteiger partial charge in [-0.05, 0) is 23.6 Å². The zero-order valence-electron chi connectivity index (χ0n) is 13.2. The Kier molecular flexibility index (Phi) is 5.76. The van der Waals surface area contributed by atoms with E-state index in [2.05, 4.69) is 72.5 Å². The summed E-state index contributed by atoms with van der Waals surface area (Å²) in [5.41, 5.74) is 3.88. The predicted molar refractivity (Wildman–Crippen MR) is 89.6 cm³/mol. The van der Waals surface area contributed by atoms with Crippen molar-refractivity contribution in [1.29, 1.82) is 0 Å². The molecule has 21 heavy (non-hydrogen) atoms. The van der Waals surface area contributed by atoms with Crippen LogP contribution in [0.1, 0.15) is 25.0 Å². The normalized spacial score (nSPS) is 10.9. The Hall–Kier alpha value is -1.87. The fraction of sp³-hybridized carbons (Fsp3) is 0.389. The maximum absolute atomic E-state index is 4.28. The molecule has 0 radical (unpaired) electrons. The third-order valence-electron chi connectivity index (χ3n) is 3.58. The minimum atomic E-state index is 0.487. The molecule has 0 spiro atoms. The van der Waals surface area contributed by atoms with Crippen molar-refractivity contribution in [3.8, 4) is 0 Å². The molecule has 0 atom stereocenters. The largest absolute Gasteiger partial charge is 0.373 e. The van der Waals surface area contributed by atoms with E-state index in [1.165, 1.54) is 16.8 Å². The minimum Gasteiger partial charge on any atom is -0.373 e. The van der Waals surface area contributed by atoms with Gasteiger partial charge in [0.05, 0.1) is 11.9 Å². The van der Waals surface area contributed by atoms with Gasteiger partial charge in [-0.1, -0.05) is 44.2 Å². The first-order chi connectivity index (χ1) is 10.2. The molecular formula is C18H25N3. The number of benzene rings is 1. The zero-order chi connectivity index (χ0) is 15.1. The summed E-state index contributed by atoms with van der Waals surface area (Å²) < 4.78 is 0. The topological polar surface area (TPSA) is 28.2 Å². The van der Waals surface area contributed by atoms with Crippen LogP contribution in [0, 0.1) is 0 Å². The molecule has 0 amide bonds. The zero-order valence-corrected chi connectivity index (χ0v) is 13.2. The third-order valence-corrected chi connectivity index (χ3v) is 3.58. The van der Waals surface area contributed by atoms with E-state index in [-0.39, 0.29) is 0 Å². The van der Waals surface area contributed by atoms with Crippen molar-refractivity contribution < 1.29 is 0 Å². The first-order valence-electron chi connectivity index (χ1n) is 7.58. The number of hydrogen-bond donors (Lipinski definition) is 1. The van der Waals surface area contributed by atoms with Crippen molar-refractivity contribution in [3.05, 3.63) is 59.9 Å². The molecule has 0 bridgehead atoms. The molecule has 1 aromatic heterocycles. The highest BCUT2D eigenvalue weighted by atomic mass is 15.1. The van der Waals surface area contributed by atoms with E-state index in [1.54, 1.807) is 0 Å². The molecule has 0 unspecified atom stereocenters. The maximum atomic E-state index is 4.28.